The molecule has 0 bridgehead atoms. The Hall–Kier alpha value is -0.700. The number of hydrogen-bond donors (Lipinski definition) is 1. The van der Waals surface area contributed by atoms with Gasteiger partial charge in [0.25, 0.3) is 0 Å². The molecule has 2 rings (SSSR count). The Labute approximate surface area is 133 Å². The third-order valence-corrected chi connectivity index (χ3v) is 5.54. The first-order valence-corrected chi connectivity index (χ1v) is 9.70. The van der Waals surface area contributed by atoms with Crippen molar-refractivity contribution in [2.45, 2.75) is 26.3 Å². The predicted molar refractivity (Wildman–Crippen MR) is 85.8 cm³/mol. The Kier molecular flexibility index (Phi) is 5.81. The minimum atomic E-state index is -3.39. The van der Waals surface area contributed by atoms with E-state index in [4.69, 9.17) is 5.14 Å². The van der Waals surface area contributed by atoms with Gasteiger partial charge in [0, 0.05) is 58.8 Å². The van der Waals surface area contributed by atoms with Crippen molar-refractivity contribution in [1.82, 2.24) is 14.7 Å². The molecule has 0 aliphatic carbocycles. The molecule has 0 radical (unpaired) electrons. The number of hydrogen-bond acceptors (Lipinski definition) is 5. The van der Waals surface area contributed by atoms with Crippen LogP contribution >= 0.6 is 0 Å². The molecular weight excluding hydrogens is 304 g/mol. The highest BCUT2D eigenvalue weighted by molar-refractivity contribution is 7.89. The summed E-state index contributed by atoms with van der Waals surface area (Å²) in [5, 5.41) is 5.09. The molecule has 7 nitrogen and oxygen atoms in total. The van der Waals surface area contributed by atoms with Crippen LogP contribution in [-0.4, -0.2) is 86.6 Å². The summed E-state index contributed by atoms with van der Waals surface area (Å²) >= 11 is 0. The molecule has 0 spiro atoms. The summed E-state index contributed by atoms with van der Waals surface area (Å²) in [5.74, 6) is 0.672. The van der Waals surface area contributed by atoms with Crippen LogP contribution in [0.1, 0.15) is 20.3 Å². The molecule has 0 aromatic heterocycles. The fraction of sp³-hybridized carbons (Fsp3) is 0.929. The highest BCUT2D eigenvalue weighted by atomic mass is 32.2. The van der Waals surface area contributed by atoms with Crippen molar-refractivity contribution in [2.24, 2.45) is 11.1 Å². The van der Waals surface area contributed by atoms with Crippen molar-refractivity contribution in [3.63, 3.8) is 0 Å². The Morgan fingerprint density at radius 1 is 1.18 bits per heavy atom. The van der Waals surface area contributed by atoms with Gasteiger partial charge in [0.05, 0.1) is 5.75 Å². The van der Waals surface area contributed by atoms with Gasteiger partial charge in [-0.15, -0.1) is 0 Å². The molecule has 0 aromatic rings. The molecule has 8 heteroatoms. The van der Waals surface area contributed by atoms with Gasteiger partial charge in [-0.2, -0.15) is 0 Å². The van der Waals surface area contributed by atoms with Crippen molar-refractivity contribution in [3.05, 3.63) is 0 Å². The van der Waals surface area contributed by atoms with Gasteiger partial charge in [0.15, 0.2) is 0 Å². The van der Waals surface area contributed by atoms with Crippen LogP contribution in [-0.2, 0) is 14.8 Å². The zero-order chi connectivity index (χ0) is 16.3. The molecule has 2 unspecified atom stereocenters. The average molecular weight is 332 g/mol. The highest BCUT2D eigenvalue weighted by Crippen LogP contribution is 2.23. The zero-order valence-electron chi connectivity index (χ0n) is 13.6. The van der Waals surface area contributed by atoms with Gasteiger partial charge in [-0.3, -0.25) is 9.69 Å². The first kappa shape index (κ1) is 17.7. The molecule has 1 amide bonds. The van der Waals surface area contributed by atoms with E-state index in [2.05, 4.69) is 16.7 Å². The van der Waals surface area contributed by atoms with Crippen molar-refractivity contribution in [2.75, 3.05) is 51.6 Å². The summed E-state index contributed by atoms with van der Waals surface area (Å²) in [6.07, 6.45) is 1.000. The molecule has 2 saturated heterocycles. The topological polar surface area (TPSA) is 86.9 Å². The third kappa shape index (κ3) is 4.91. The average Bonchev–Trinajstić information content (AvgIpc) is 2.63. The predicted octanol–water partition coefficient (Wildman–Crippen LogP) is -0.851. The van der Waals surface area contributed by atoms with Crippen LogP contribution in [0, 0.1) is 5.92 Å². The molecule has 0 saturated carbocycles. The maximum atomic E-state index is 11.5. The zero-order valence-corrected chi connectivity index (χ0v) is 14.4. The fourth-order valence-corrected chi connectivity index (χ4v) is 4.06. The lowest BCUT2D eigenvalue weighted by atomic mass is 10.0. The SMILES string of the molecule is CC(=O)N1CCCN(C2CN(CCS(N)(=O)=O)CC2C)CC1. The number of sulfonamides is 1. The van der Waals surface area contributed by atoms with Crippen LogP contribution in [0.4, 0.5) is 0 Å². The summed E-state index contributed by atoms with van der Waals surface area (Å²) in [6.45, 7) is 9.67. The van der Waals surface area contributed by atoms with Crippen molar-refractivity contribution < 1.29 is 13.2 Å². The van der Waals surface area contributed by atoms with E-state index in [-0.39, 0.29) is 11.7 Å². The maximum Gasteiger partial charge on any atom is 0.219 e. The van der Waals surface area contributed by atoms with Crippen LogP contribution in [0.5, 0.6) is 0 Å². The van der Waals surface area contributed by atoms with Gasteiger partial charge in [-0.1, -0.05) is 6.92 Å². The van der Waals surface area contributed by atoms with Gasteiger partial charge in [-0.25, -0.2) is 13.6 Å². The van der Waals surface area contributed by atoms with Gasteiger partial charge in [0.1, 0.15) is 0 Å². The number of carbonyl (C=O) groups excluding carboxylic acids is 1. The number of nitrogens with two attached hydrogens (primary N) is 1. The quantitative estimate of drug-likeness (QED) is 0.725. The molecule has 2 fully saturated rings. The minimum absolute atomic E-state index is 0.0184. The van der Waals surface area contributed by atoms with E-state index in [0.29, 0.717) is 18.5 Å². The Bertz CT molecular complexity index is 496. The molecule has 2 aliphatic heterocycles. The molecule has 2 atom stereocenters. The lowest BCUT2D eigenvalue weighted by Crippen LogP contribution is -2.43. The summed E-state index contributed by atoms with van der Waals surface area (Å²) < 4.78 is 22.2. The Morgan fingerprint density at radius 3 is 2.55 bits per heavy atom. The molecule has 2 aliphatic rings. The number of rotatable bonds is 4. The number of amides is 1. The van der Waals surface area contributed by atoms with Crippen LogP contribution in [0.2, 0.25) is 0 Å². The van der Waals surface area contributed by atoms with E-state index in [1.54, 1.807) is 6.92 Å². The Balaban J connectivity index is 1.88. The van der Waals surface area contributed by atoms with E-state index in [1.165, 1.54) is 0 Å². The van der Waals surface area contributed by atoms with E-state index in [0.717, 1.165) is 45.7 Å². The standard InChI is InChI=1S/C14H28N4O3S/c1-12-10-16(8-9-22(15,20)21)11-14(12)18-5-3-4-17(6-7-18)13(2)19/h12,14H,3-11H2,1-2H3,(H2,15,20,21). The van der Waals surface area contributed by atoms with E-state index in [9.17, 15) is 13.2 Å². The molecule has 128 valence electrons. The molecule has 2 heterocycles. The molecule has 0 aromatic carbocycles. The van der Waals surface area contributed by atoms with E-state index >= 15 is 0 Å². The first-order chi connectivity index (χ1) is 10.3. The number of carbonyl (C=O) groups is 1. The summed E-state index contributed by atoms with van der Waals surface area (Å²) in [7, 11) is -3.39. The lowest BCUT2D eigenvalue weighted by molar-refractivity contribution is -0.128. The molecule has 2 N–H and O–H groups in total. The van der Waals surface area contributed by atoms with Crippen LogP contribution in [0.15, 0.2) is 0 Å². The summed E-state index contributed by atoms with van der Waals surface area (Å²) in [6, 6.07) is 0.437. The highest BCUT2D eigenvalue weighted by Gasteiger charge is 2.34. The number of likely N-dealkylation sites (tertiary alicyclic amines) is 1. The van der Waals surface area contributed by atoms with Crippen molar-refractivity contribution >= 4 is 15.9 Å². The van der Waals surface area contributed by atoms with E-state index < -0.39 is 10.0 Å². The molecular formula is C14H28N4O3S. The minimum Gasteiger partial charge on any atom is -0.342 e. The smallest absolute Gasteiger partial charge is 0.219 e. The van der Waals surface area contributed by atoms with Gasteiger partial charge in [0.2, 0.25) is 15.9 Å². The normalized spacial score (nSPS) is 28.8. The fourth-order valence-electron chi connectivity index (χ4n) is 3.55. The second-order valence-corrected chi connectivity index (χ2v) is 8.30. The van der Waals surface area contributed by atoms with Crippen LogP contribution in [0.3, 0.4) is 0 Å². The Morgan fingerprint density at radius 2 is 1.91 bits per heavy atom. The second kappa shape index (κ2) is 7.25. The van der Waals surface area contributed by atoms with Gasteiger partial charge >= 0.3 is 0 Å². The molecule has 22 heavy (non-hydrogen) atoms. The number of primary sulfonamides is 1. The maximum absolute atomic E-state index is 11.5. The summed E-state index contributed by atoms with van der Waals surface area (Å²) in [5.41, 5.74) is 0. The number of nitrogens with zero attached hydrogens (tertiary/aromatic N) is 3. The second-order valence-electron chi connectivity index (χ2n) is 6.57. The first-order valence-electron chi connectivity index (χ1n) is 7.98. The van der Waals surface area contributed by atoms with Crippen LogP contribution < -0.4 is 5.14 Å². The largest absolute Gasteiger partial charge is 0.342 e. The lowest BCUT2D eigenvalue weighted by Gasteiger charge is -2.30. The van der Waals surface area contributed by atoms with Gasteiger partial charge in [-0.05, 0) is 12.3 Å². The van der Waals surface area contributed by atoms with Gasteiger partial charge < -0.3 is 9.80 Å². The third-order valence-electron chi connectivity index (χ3n) is 4.79. The van der Waals surface area contributed by atoms with Crippen molar-refractivity contribution in [3.8, 4) is 0 Å². The van der Waals surface area contributed by atoms with E-state index in [1.807, 2.05) is 4.90 Å². The van der Waals surface area contributed by atoms with Crippen LogP contribution in [0.25, 0.3) is 0 Å². The summed E-state index contributed by atoms with van der Waals surface area (Å²) in [4.78, 5) is 18.1. The monoisotopic (exact) mass is 332 g/mol. The van der Waals surface area contributed by atoms with Crippen molar-refractivity contribution in [1.29, 1.82) is 0 Å².